The monoisotopic (exact) mass is 556 g/mol. The third kappa shape index (κ3) is 5.47. The molecule has 0 saturated carbocycles. The fourth-order valence-electron chi connectivity index (χ4n) is 4.37. The van der Waals surface area contributed by atoms with E-state index < -0.39 is 23.2 Å². The van der Waals surface area contributed by atoms with Gasteiger partial charge in [-0.2, -0.15) is 19.6 Å². The van der Waals surface area contributed by atoms with Gasteiger partial charge < -0.3 is 29.8 Å². The molecule has 0 radical (unpaired) electrons. The summed E-state index contributed by atoms with van der Waals surface area (Å²) < 4.78 is 41.2. The van der Waals surface area contributed by atoms with E-state index in [0.717, 1.165) is 6.07 Å². The van der Waals surface area contributed by atoms with E-state index in [0.29, 0.717) is 62.3 Å². The maximum Gasteiger partial charge on any atom is 0.347 e. The van der Waals surface area contributed by atoms with Gasteiger partial charge in [0.2, 0.25) is 11.9 Å². The van der Waals surface area contributed by atoms with Gasteiger partial charge >= 0.3 is 5.97 Å². The number of halogens is 2. The van der Waals surface area contributed by atoms with Gasteiger partial charge in [-0.1, -0.05) is 0 Å². The minimum absolute atomic E-state index is 0.168. The average molecular weight is 557 g/mol. The molecule has 14 heteroatoms. The summed E-state index contributed by atoms with van der Waals surface area (Å²) >= 11 is 0. The number of piperazine rings is 1. The van der Waals surface area contributed by atoms with Crippen LogP contribution < -0.4 is 20.3 Å². The second kappa shape index (κ2) is 10.6. The zero-order valence-corrected chi connectivity index (χ0v) is 22.3. The molecule has 212 valence electrons. The van der Waals surface area contributed by atoms with Crippen molar-refractivity contribution in [3.8, 4) is 17.2 Å². The number of nitrogens with zero attached hydrogens (tertiary/aromatic N) is 7. The Labute approximate surface area is 228 Å². The van der Waals surface area contributed by atoms with Crippen LogP contribution in [0.3, 0.4) is 0 Å². The van der Waals surface area contributed by atoms with E-state index in [9.17, 15) is 18.7 Å². The van der Waals surface area contributed by atoms with Crippen LogP contribution in [0.5, 0.6) is 5.75 Å². The maximum atomic E-state index is 14.7. The summed E-state index contributed by atoms with van der Waals surface area (Å²) in [5.74, 6) is -1.98. The minimum Gasteiger partial charge on any atom is -0.478 e. The molecule has 3 aromatic heterocycles. The van der Waals surface area contributed by atoms with Crippen molar-refractivity contribution in [2.45, 2.75) is 19.4 Å². The molecule has 0 amide bonds. The van der Waals surface area contributed by atoms with Gasteiger partial charge in [0.1, 0.15) is 11.5 Å². The highest BCUT2D eigenvalue weighted by Crippen LogP contribution is 2.31. The molecule has 0 unspecified atom stereocenters. The molecule has 0 spiro atoms. The lowest BCUT2D eigenvalue weighted by Gasteiger charge is -2.37. The Kier molecular flexibility index (Phi) is 7.19. The molecule has 1 aliphatic rings. The van der Waals surface area contributed by atoms with Crippen LogP contribution in [0.15, 0.2) is 41.0 Å². The van der Waals surface area contributed by atoms with Crippen molar-refractivity contribution >= 4 is 29.2 Å². The number of rotatable bonds is 9. The van der Waals surface area contributed by atoms with Gasteiger partial charge in [-0.25, -0.2) is 13.6 Å². The highest BCUT2D eigenvalue weighted by atomic mass is 19.1. The number of anilines is 3. The number of furan rings is 1. The van der Waals surface area contributed by atoms with Crippen LogP contribution in [0.1, 0.15) is 13.8 Å². The molecule has 0 aliphatic carbocycles. The van der Waals surface area contributed by atoms with Crippen molar-refractivity contribution in [3.05, 3.63) is 48.2 Å². The molecular weight excluding hydrogens is 526 g/mol. The van der Waals surface area contributed by atoms with Crippen molar-refractivity contribution in [2.75, 3.05) is 61.8 Å². The Morgan fingerprint density at radius 3 is 2.60 bits per heavy atom. The van der Waals surface area contributed by atoms with Crippen LogP contribution in [-0.2, 0) is 4.79 Å². The van der Waals surface area contributed by atoms with Gasteiger partial charge in [0.15, 0.2) is 28.6 Å². The SMILES string of the molecule is CN(CCN1CCN(c2cc(OC(C)(C)C(=O)O)c(F)cc2F)CC1)c1nc(N)n2nc(-c3ccco3)cc2n1. The summed E-state index contributed by atoms with van der Waals surface area (Å²) in [7, 11) is 1.87. The number of hydrogen-bond donors (Lipinski definition) is 2. The van der Waals surface area contributed by atoms with Crippen LogP contribution in [0.25, 0.3) is 17.1 Å². The van der Waals surface area contributed by atoms with E-state index in [2.05, 4.69) is 20.0 Å². The van der Waals surface area contributed by atoms with Gasteiger partial charge in [-0.15, -0.1) is 0 Å². The maximum absolute atomic E-state index is 14.7. The largest absolute Gasteiger partial charge is 0.478 e. The number of ether oxygens (including phenoxy) is 1. The lowest BCUT2D eigenvalue weighted by Crippen LogP contribution is -2.48. The second-order valence-corrected chi connectivity index (χ2v) is 10.1. The van der Waals surface area contributed by atoms with Crippen LogP contribution in [0.2, 0.25) is 0 Å². The first-order valence-electron chi connectivity index (χ1n) is 12.7. The predicted molar refractivity (Wildman–Crippen MR) is 144 cm³/mol. The molecule has 1 aliphatic heterocycles. The van der Waals surface area contributed by atoms with Crippen molar-refractivity contribution in [2.24, 2.45) is 0 Å². The third-order valence-corrected chi connectivity index (χ3v) is 6.80. The van der Waals surface area contributed by atoms with Gasteiger partial charge in [-0.05, 0) is 26.0 Å². The summed E-state index contributed by atoms with van der Waals surface area (Å²) in [4.78, 5) is 26.3. The number of carboxylic acid groups (broad SMARTS) is 1. The van der Waals surface area contributed by atoms with Crippen LogP contribution >= 0.6 is 0 Å². The normalized spacial score (nSPS) is 14.6. The second-order valence-electron chi connectivity index (χ2n) is 10.1. The Hall–Kier alpha value is -4.46. The topological polar surface area (TPSA) is 138 Å². The van der Waals surface area contributed by atoms with Gasteiger partial charge in [0.25, 0.3) is 0 Å². The first kappa shape index (κ1) is 27.1. The number of aromatic nitrogens is 4. The van der Waals surface area contributed by atoms with E-state index in [1.54, 1.807) is 29.4 Å². The lowest BCUT2D eigenvalue weighted by atomic mass is 10.1. The lowest BCUT2D eigenvalue weighted by molar-refractivity contribution is -0.152. The number of hydrogen-bond acceptors (Lipinski definition) is 10. The van der Waals surface area contributed by atoms with Crippen LogP contribution in [0, 0.1) is 11.6 Å². The molecule has 4 heterocycles. The summed E-state index contributed by atoms with van der Waals surface area (Å²) in [5.41, 5.74) is 5.79. The molecule has 12 nitrogen and oxygen atoms in total. The third-order valence-electron chi connectivity index (χ3n) is 6.80. The number of fused-ring (bicyclic) bond motifs is 1. The smallest absolute Gasteiger partial charge is 0.347 e. The standard InChI is InChI=1S/C26H30F2N8O4/c1-26(2,23(37)38)40-21-15-19(16(27)13-17(21)28)35-10-8-34(9-11-35)7-6-33(3)25-30-22-14-18(20-5-4-12-39-20)32-36(22)24(29)31-25/h4-5,12-15H,6-11H2,1-3H3,(H,37,38)(H2,29,30,31). The van der Waals surface area contributed by atoms with Crippen LogP contribution in [-0.4, -0.2) is 87.5 Å². The zero-order chi connectivity index (χ0) is 28.6. The van der Waals surface area contributed by atoms with E-state index in [4.69, 9.17) is 14.9 Å². The molecule has 3 N–H and O–H groups in total. The van der Waals surface area contributed by atoms with Crippen molar-refractivity contribution in [3.63, 3.8) is 0 Å². The molecular formula is C26H30F2N8O4. The fraction of sp³-hybridized carbons (Fsp3) is 0.385. The van der Waals surface area contributed by atoms with Crippen molar-refractivity contribution in [1.82, 2.24) is 24.5 Å². The first-order valence-corrected chi connectivity index (χ1v) is 12.7. The Morgan fingerprint density at radius 1 is 1.18 bits per heavy atom. The molecule has 1 fully saturated rings. The summed E-state index contributed by atoms with van der Waals surface area (Å²) in [6, 6.07) is 7.31. The van der Waals surface area contributed by atoms with Gasteiger partial charge in [-0.3, -0.25) is 4.90 Å². The molecule has 4 aromatic rings. The summed E-state index contributed by atoms with van der Waals surface area (Å²) in [5, 5.41) is 13.7. The molecule has 1 aromatic carbocycles. The minimum atomic E-state index is -1.67. The average Bonchev–Trinajstić information content (AvgIpc) is 3.59. The Balaban J connectivity index is 1.20. The van der Waals surface area contributed by atoms with E-state index in [1.165, 1.54) is 24.4 Å². The number of likely N-dealkylation sites (N-methyl/N-ethyl adjacent to an activating group) is 1. The molecule has 0 atom stereocenters. The van der Waals surface area contributed by atoms with Crippen molar-refractivity contribution < 1.29 is 27.8 Å². The highest BCUT2D eigenvalue weighted by molar-refractivity contribution is 5.77. The molecule has 1 saturated heterocycles. The number of benzene rings is 1. The quantitative estimate of drug-likeness (QED) is 0.315. The number of nitrogen functional groups attached to an aromatic ring is 1. The number of carbonyl (C=O) groups is 1. The highest BCUT2D eigenvalue weighted by Gasteiger charge is 2.31. The van der Waals surface area contributed by atoms with Crippen molar-refractivity contribution in [1.29, 1.82) is 0 Å². The molecule has 0 bridgehead atoms. The van der Waals surface area contributed by atoms with E-state index >= 15 is 0 Å². The van der Waals surface area contributed by atoms with Gasteiger partial charge in [0, 0.05) is 64.5 Å². The Bertz CT molecular complexity index is 1520. The van der Waals surface area contributed by atoms with E-state index in [-0.39, 0.29) is 17.4 Å². The number of nitrogens with two attached hydrogens (primary N) is 1. The predicted octanol–water partition coefficient (Wildman–Crippen LogP) is 2.75. The Morgan fingerprint density at radius 2 is 1.93 bits per heavy atom. The number of carboxylic acids is 1. The summed E-state index contributed by atoms with van der Waals surface area (Å²) in [6.45, 7) is 6.18. The summed E-state index contributed by atoms with van der Waals surface area (Å²) in [6.07, 6.45) is 1.57. The first-order chi connectivity index (χ1) is 19.0. The van der Waals surface area contributed by atoms with E-state index in [1.807, 2.05) is 11.9 Å². The molecule has 40 heavy (non-hydrogen) atoms. The number of aliphatic carboxylic acids is 1. The zero-order valence-electron chi connectivity index (χ0n) is 22.3. The molecule has 5 rings (SSSR count). The fourth-order valence-corrected chi connectivity index (χ4v) is 4.37. The van der Waals surface area contributed by atoms with Crippen LogP contribution in [0.4, 0.5) is 26.4 Å². The van der Waals surface area contributed by atoms with Gasteiger partial charge in [0.05, 0.1) is 12.0 Å².